The zero-order chi connectivity index (χ0) is 19.1. The Bertz CT molecular complexity index is 330. The average Bonchev–Trinajstić information content (AvgIpc) is 2.66. The molecule has 0 aliphatic rings. The van der Waals surface area contributed by atoms with E-state index in [1.165, 1.54) is 0 Å². The largest absolute Gasteiger partial charge is 0.379 e. The predicted octanol–water partition coefficient (Wildman–Crippen LogP) is 2.58. The monoisotopic (exact) mass is 377 g/mol. The second-order valence-electron chi connectivity index (χ2n) is 5.40. The summed E-state index contributed by atoms with van der Waals surface area (Å²) in [6.07, 6.45) is 1.79. The van der Waals surface area contributed by atoms with Gasteiger partial charge in [0.1, 0.15) is 0 Å². The van der Waals surface area contributed by atoms with Gasteiger partial charge in [0.25, 0.3) is 0 Å². The first kappa shape index (κ1) is 25.1. The third kappa shape index (κ3) is 19.4. The van der Waals surface area contributed by atoms with Crippen LogP contribution >= 0.6 is 0 Å². The lowest BCUT2D eigenvalue weighted by Gasteiger charge is -2.10. The van der Waals surface area contributed by atoms with Gasteiger partial charge < -0.3 is 28.4 Å². The molecule has 0 spiro atoms. The molecule has 0 N–H and O–H groups in total. The SMILES string of the molecule is CCCOCCOCCOCCOCCOCCOCC(CC)N=[N+]=[N-]. The van der Waals surface area contributed by atoms with Crippen LogP contribution in [0.1, 0.15) is 26.7 Å². The molecule has 0 aromatic carbocycles. The Morgan fingerprint density at radius 3 is 1.38 bits per heavy atom. The minimum atomic E-state index is -0.108. The molecule has 0 fully saturated rings. The first-order valence-electron chi connectivity index (χ1n) is 9.35. The van der Waals surface area contributed by atoms with E-state index in [9.17, 15) is 0 Å². The van der Waals surface area contributed by atoms with E-state index in [2.05, 4.69) is 16.9 Å². The van der Waals surface area contributed by atoms with Crippen LogP contribution in [0.25, 0.3) is 10.4 Å². The highest BCUT2D eigenvalue weighted by molar-refractivity contribution is 4.63. The van der Waals surface area contributed by atoms with Crippen LogP contribution in [0.2, 0.25) is 0 Å². The number of hydrogen-bond donors (Lipinski definition) is 0. The van der Waals surface area contributed by atoms with Gasteiger partial charge in [0.15, 0.2) is 0 Å². The van der Waals surface area contributed by atoms with Crippen molar-refractivity contribution in [2.75, 3.05) is 79.3 Å². The molecule has 154 valence electrons. The first-order chi connectivity index (χ1) is 12.8. The van der Waals surface area contributed by atoms with Crippen molar-refractivity contribution in [2.45, 2.75) is 32.7 Å². The van der Waals surface area contributed by atoms with Gasteiger partial charge >= 0.3 is 0 Å². The van der Waals surface area contributed by atoms with Crippen molar-refractivity contribution in [1.82, 2.24) is 0 Å². The number of azide groups is 1. The minimum Gasteiger partial charge on any atom is -0.379 e. The Morgan fingerprint density at radius 2 is 1.04 bits per heavy atom. The molecule has 0 heterocycles. The van der Waals surface area contributed by atoms with Crippen LogP contribution in [0.4, 0.5) is 0 Å². The zero-order valence-electron chi connectivity index (χ0n) is 16.3. The summed E-state index contributed by atoms with van der Waals surface area (Å²) >= 11 is 0. The molecular weight excluding hydrogens is 342 g/mol. The molecule has 0 aliphatic heterocycles. The highest BCUT2D eigenvalue weighted by Gasteiger charge is 2.02. The van der Waals surface area contributed by atoms with Crippen LogP contribution < -0.4 is 0 Å². The summed E-state index contributed by atoms with van der Waals surface area (Å²) in [6, 6.07) is -0.108. The van der Waals surface area contributed by atoms with Crippen molar-refractivity contribution in [1.29, 1.82) is 0 Å². The summed E-state index contributed by atoms with van der Waals surface area (Å²) in [5.74, 6) is 0. The van der Waals surface area contributed by atoms with Crippen molar-refractivity contribution in [3.05, 3.63) is 10.4 Å². The lowest BCUT2D eigenvalue weighted by molar-refractivity contribution is -0.0172. The molecule has 26 heavy (non-hydrogen) atoms. The maximum Gasteiger partial charge on any atom is 0.0701 e. The van der Waals surface area contributed by atoms with Crippen molar-refractivity contribution in [3.63, 3.8) is 0 Å². The summed E-state index contributed by atoms with van der Waals surface area (Å²) in [7, 11) is 0. The first-order valence-corrected chi connectivity index (χ1v) is 9.35. The van der Waals surface area contributed by atoms with Crippen LogP contribution in [0.3, 0.4) is 0 Å². The fourth-order valence-electron chi connectivity index (χ4n) is 1.77. The molecule has 0 bridgehead atoms. The van der Waals surface area contributed by atoms with Gasteiger partial charge in [-0.25, -0.2) is 0 Å². The van der Waals surface area contributed by atoms with Crippen molar-refractivity contribution < 1.29 is 28.4 Å². The Labute approximate surface area is 156 Å². The van der Waals surface area contributed by atoms with Crippen molar-refractivity contribution >= 4 is 0 Å². The van der Waals surface area contributed by atoms with Crippen LogP contribution in [0, 0.1) is 0 Å². The molecule has 0 amide bonds. The van der Waals surface area contributed by atoms with Crippen LogP contribution in [-0.4, -0.2) is 85.3 Å². The van der Waals surface area contributed by atoms with E-state index in [4.69, 9.17) is 34.0 Å². The minimum absolute atomic E-state index is 0.108. The normalized spacial score (nSPS) is 12.1. The molecule has 0 saturated heterocycles. The molecule has 0 saturated carbocycles. The third-order valence-corrected chi connectivity index (χ3v) is 3.20. The lowest BCUT2D eigenvalue weighted by Crippen LogP contribution is -2.16. The van der Waals surface area contributed by atoms with Crippen molar-refractivity contribution in [2.24, 2.45) is 5.11 Å². The maximum atomic E-state index is 8.36. The van der Waals surface area contributed by atoms with E-state index in [-0.39, 0.29) is 6.04 Å². The highest BCUT2D eigenvalue weighted by Crippen LogP contribution is 1.98. The molecule has 0 rings (SSSR count). The molecule has 0 aliphatic carbocycles. The second-order valence-corrected chi connectivity index (χ2v) is 5.40. The van der Waals surface area contributed by atoms with Crippen LogP contribution in [-0.2, 0) is 28.4 Å². The average molecular weight is 377 g/mol. The number of ether oxygens (including phenoxy) is 6. The molecule has 0 aromatic heterocycles. The van der Waals surface area contributed by atoms with Gasteiger partial charge in [-0.2, -0.15) is 0 Å². The van der Waals surface area contributed by atoms with Crippen molar-refractivity contribution in [3.8, 4) is 0 Å². The summed E-state index contributed by atoms with van der Waals surface area (Å²) in [4.78, 5) is 2.78. The molecule has 1 unspecified atom stereocenters. The number of hydrogen-bond acceptors (Lipinski definition) is 7. The van der Waals surface area contributed by atoms with Gasteiger partial charge in [-0.05, 0) is 18.4 Å². The zero-order valence-corrected chi connectivity index (χ0v) is 16.3. The summed E-state index contributed by atoms with van der Waals surface area (Å²) in [5, 5.41) is 3.63. The summed E-state index contributed by atoms with van der Waals surface area (Å²) in [6.45, 7) is 10.7. The van der Waals surface area contributed by atoms with Gasteiger partial charge in [-0.1, -0.05) is 19.0 Å². The van der Waals surface area contributed by atoms with E-state index < -0.39 is 0 Å². The van der Waals surface area contributed by atoms with Crippen LogP contribution in [0.5, 0.6) is 0 Å². The molecule has 0 aromatic rings. The van der Waals surface area contributed by atoms with Gasteiger partial charge in [-0.3, -0.25) is 0 Å². The summed E-state index contributed by atoms with van der Waals surface area (Å²) in [5.41, 5.74) is 8.36. The fourth-order valence-corrected chi connectivity index (χ4v) is 1.77. The molecule has 0 radical (unpaired) electrons. The molecule has 9 nitrogen and oxygen atoms in total. The number of nitrogens with zero attached hydrogens (tertiary/aromatic N) is 3. The van der Waals surface area contributed by atoms with Gasteiger partial charge in [0.05, 0.1) is 78.7 Å². The number of rotatable bonds is 21. The Morgan fingerprint density at radius 1 is 0.654 bits per heavy atom. The Hall–Kier alpha value is -0.930. The fraction of sp³-hybridized carbons (Fsp3) is 1.00. The molecular formula is C17H35N3O6. The second kappa shape index (κ2) is 22.1. The van der Waals surface area contributed by atoms with E-state index in [1.54, 1.807) is 0 Å². The van der Waals surface area contributed by atoms with E-state index in [0.29, 0.717) is 72.7 Å². The van der Waals surface area contributed by atoms with Gasteiger partial charge in [-0.15, -0.1) is 0 Å². The van der Waals surface area contributed by atoms with Gasteiger partial charge in [0, 0.05) is 11.5 Å². The molecule has 9 heteroatoms. The quantitative estimate of drug-likeness (QED) is 0.132. The highest BCUT2D eigenvalue weighted by atomic mass is 16.6. The van der Waals surface area contributed by atoms with E-state index in [1.807, 2.05) is 6.92 Å². The van der Waals surface area contributed by atoms with Gasteiger partial charge in [0.2, 0.25) is 0 Å². The lowest BCUT2D eigenvalue weighted by atomic mass is 10.3. The Kier molecular flexibility index (Phi) is 21.3. The Balaban J connectivity index is 3.10. The standard InChI is InChI=1S/C17H35N3O6/c1-3-5-21-6-7-22-8-9-23-10-11-24-12-13-25-14-15-26-16-17(4-2)19-20-18/h17H,3-16H2,1-2H3. The smallest absolute Gasteiger partial charge is 0.0701 e. The van der Waals surface area contributed by atoms with Crippen LogP contribution in [0.15, 0.2) is 5.11 Å². The molecule has 1 atom stereocenters. The van der Waals surface area contributed by atoms with E-state index in [0.717, 1.165) is 19.4 Å². The topological polar surface area (TPSA) is 104 Å². The van der Waals surface area contributed by atoms with E-state index >= 15 is 0 Å². The maximum absolute atomic E-state index is 8.36. The summed E-state index contributed by atoms with van der Waals surface area (Å²) < 4.78 is 32.2. The third-order valence-electron chi connectivity index (χ3n) is 3.20. The predicted molar refractivity (Wildman–Crippen MR) is 98.4 cm³/mol.